The van der Waals surface area contributed by atoms with Crippen molar-refractivity contribution in [2.24, 2.45) is 11.8 Å². The van der Waals surface area contributed by atoms with Crippen molar-refractivity contribution in [2.45, 2.75) is 121 Å². The standard InChI is InChI=1S/C14H15NO2.2C10H17NO.2Ga/c1-2-15(11-5-3-7-13(16)9-11)12-6-4-8-14(17)10-12;2*1-7-5-6-8-3-2-4-9(12)10(8)11-7;;/h3-10,16-17H,2H2,1H3;2*7-10H,2-6H2,1H3;;/q;2*-2;2*+3/p-2. The third kappa shape index (κ3) is 5.43. The van der Waals surface area contributed by atoms with E-state index in [2.05, 4.69) is 81.4 Å². The van der Waals surface area contributed by atoms with Crippen molar-refractivity contribution in [3.05, 3.63) is 48.5 Å². The van der Waals surface area contributed by atoms with Crippen LogP contribution in [0.15, 0.2) is 48.5 Å². The van der Waals surface area contributed by atoms with Crippen LogP contribution in [-0.2, 0) is 7.06 Å². The fourth-order valence-electron chi connectivity index (χ4n) is 9.56. The van der Waals surface area contributed by atoms with Gasteiger partial charge >= 0.3 is 272 Å². The van der Waals surface area contributed by atoms with E-state index in [4.69, 9.17) is 14.1 Å². The second kappa shape index (κ2) is 12.3. The fourth-order valence-corrected chi connectivity index (χ4v) is 20.4. The van der Waals surface area contributed by atoms with E-state index >= 15 is 0 Å². The number of nitrogens with zero attached hydrogens (tertiary/aromatic N) is 3. The summed E-state index contributed by atoms with van der Waals surface area (Å²) in [6, 6.07) is 19.7. The molecule has 6 fully saturated rings. The van der Waals surface area contributed by atoms with Crippen LogP contribution in [0.2, 0.25) is 0 Å². The van der Waals surface area contributed by atoms with Gasteiger partial charge in [-0.25, -0.2) is 0 Å². The van der Waals surface area contributed by atoms with Gasteiger partial charge in [-0.2, -0.15) is 0 Å². The van der Waals surface area contributed by atoms with Crippen molar-refractivity contribution in [1.82, 2.24) is 7.21 Å². The summed E-state index contributed by atoms with van der Waals surface area (Å²) in [5, 5.41) is 0. The molecule has 8 unspecified atom stereocenters. The van der Waals surface area contributed by atoms with Gasteiger partial charge in [0.15, 0.2) is 0 Å². The molecular formula is C34H47Ga2N3O4. The molecule has 2 aliphatic carbocycles. The van der Waals surface area contributed by atoms with Gasteiger partial charge in [-0.1, -0.05) is 0 Å². The average molecular weight is 701 g/mol. The summed E-state index contributed by atoms with van der Waals surface area (Å²) in [6.45, 7) is 7.86. The van der Waals surface area contributed by atoms with Crippen LogP contribution in [0.25, 0.3) is 0 Å². The summed E-state index contributed by atoms with van der Waals surface area (Å²) in [4.78, 5) is 2.36. The first-order valence-corrected chi connectivity index (χ1v) is 23.4. The quantitative estimate of drug-likeness (QED) is 0.299. The van der Waals surface area contributed by atoms with Crippen molar-refractivity contribution in [3.8, 4) is 11.5 Å². The van der Waals surface area contributed by atoms with Crippen LogP contribution in [0, 0.1) is 11.8 Å². The second-order valence-corrected chi connectivity index (χ2v) is 21.3. The number of anilines is 2. The first-order chi connectivity index (χ1) is 21.1. The number of benzene rings is 2. The van der Waals surface area contributed by atoms with Crippen LogP contribution in [0.5, 0.6) is 11.5 Å². The first kappa shape index (κ1) is 29.4. The Labute approximate surface area is 270 Å². The maximum absolute atomic E-state index is 6.83. The second-order valence-electron chi connectivity index (χ2n) is 14.0. The molecule has 2 aromatic carbocycles. The monoisotopic (exact) mass is 699 g/mol. The third-order valence-electron chi connectivity index (χ3n) is 11.6. The molecule has 8 atom stereocenters. The Bertz CT molecular complexity index is 1210. The van der Waals surface area contributed by atoms with E-state index in [0.717, 1.165) is 41.3 Å². The summed E-state index contributed by atoms with van der Waals surface area (Å²) >= 11 is -5.15. The average Bonchev–Trinajstić information content (AvgIpc) is 3.58. The van der Waals surface area contributed by atoms with Gasteiger partial charge in [0, 0.05) is 0 Å². The molecule has 43 heavy (non-hydrogen) atoms. The van der Waals surface area contributed by atoms with Crippen LogP contribution >= 0.6 is 0 Å². The molecule has 228 valence electrons. The summed E-state index contributed by atoms with van der Waals surface area (Å²) in [7, 11) is 0. The van der Waals surface area contributed by atoms with Gasteiger partial charge < -0.3 is 0 Å². The Hall–Kier alpha value is -1.05. The minimum atomic E-state index is -2.57. The van der Waals surface area contributed by atoms with E-state index in [1.807, 2.05) is 0 Å². The Morgan fingerprint density at radius 2 is 1.19 bits per heavy atom. The predicted octanol–water partition coefficient (Wildman–Crippen LogP) is 6.68. The molecule has 8 rings (SSSR count). The number of hydrogen-bond acceptors (Lipinski definition) is 7. The summed E-state index contributed by atoms with van der Waals surface area (Å²) in [5.41, 5.74) is 2.30. The van der Waals surface area contributed by atoms with Crippen LogP contribution in [0.4, 0.5) is 11.4 Å². The first-order valence-electron chi connectivity index (χ1n) is 17.2. The van der Waals surface area contributed by atoms with E-state index in [1.54, 1.807) is 0 Å². The molecule has 0 radical (unpaired) electrons. The molecule has 0 bridgehead atoms. The SMILES string of the molecule is CCN(c1cccc([O][Ga]2[O]C3CCCC4CCC(C)[N]2C43)c1)c1cccc([O][Ga]2[O]C3CCCC4CCC(C)[N]2C43)c1. The van der Waals surface area contributed by atoms with Crippen LogP contribution in [-0.4, -0.2) is 84.5 Å². The molecule has 7 nitrogen and oxygen atoms in total. The van der Waals surface area contributed by atoms with E-state index in [-0.39, 0.29) is 0 Å². The van der Waals surface area contributed by atoms with Crippen molar-refractivity contribution >= 4 is 45.8 Å². The third-order valence-corrected chi connectivity index (χ3v) is 21.6. The van der Waals surface area contributed by atoms with Crippen LogP contribution < -0.4 is 12.0 Å². The number of piperidine rings is 2. The van der Waals surface area contributed by atoms with E-state index in [9.17, 15) is 0 Å². The summed E-state index contributed by atoms with van der Waals surface area (Å²) in [6.07, 6.45) is 13.8. The van der Waals surface area contributed by atoms with Crippen molar-refractivity contribution in [2.75, 3.05) is 11.4 Å². The zero-order valence-corrected chi connectivity index (χ0v) is 31.0. The molecule has 0 aromatic heterocycles. The van der Waals surface area contributed by atoms with Crippen molar-refractivity contribution in [3.63, 3.8) is 0 Å². The molecule has 0 N–H and O–H groups in total. The van der Waals surface area contributed by atoms with Gasteiger partial charge in [-0.05, 0) is 0 Å². The molecule has 0 spiro atoms. The number of hydrogen-bond donors (Lipinski definition) is 0. The van der Waals surface area contributed by atoms with Crippen molar-refractivity contribution < 1.29 is 14.1 Å². The van der Waals surface area contributed by atoms with Gasteiger partial charge in [0.05, 0.1) is 0 Å². The van der Waals surface area contributed by atoms with Gasteiger partial charge in [-0.3, -0.25) is 0 Å². The van der Waals surface area contributed by atoms with Crippen LogP contribution in [0.3, 0.4) is 0 Å². The summed E-state index contributed by atoms with van der Waals surface area (Å²) < 4.78 is 32.6. The molecule has 4 aliphatic heterocycles. The predicted molar refractivity (Wildman–Crippen MR) is 171 cm³/mol. The van der Waals surface area contributed by atoms with E-state index in [1.165, 1.54) is 64.2 Å². The van der Waals surface area contributed by atoms with Gasteiger partial charge in [0.2, 0.25) is 0 Å². The van der Waals surface area contributed by atoms with Crippen molar-refractivity contribution in [1.29, 1.82) is 0 Å². The zero-order valence-electron chi connectivity index (χ0n) is 26.1. The Morgan fingerprint density at radius 3 is 1.65 bits per heavy atom. The Balaban J connectivity index is 0.994. The van der Waals surface area contributed by atoms with Gasteiger partial charge in [-0.15, -0.1) is 0 Å². The van der Waals surface area contributed by atoms with Gasteiger partial charge in [0.1, 0.15) is 0 Å². The van der Waals surface area contributed by atoms with E-state index < -0.39 is 34.4 Å². The normalized spacial score (nSPS) is 35.4. The van der Waals surface area contributed by atoms with Crippen LogP contribution in [0.1, 0.15) is 85.0 Å². The molecule has 2 aromatic rings. The Morgan fingerprint density at radius 1 is 0.698 bits per heavy atom. The topological polar surface area (TPSA) is 46.6 Å². The molecule has 6 aliphatic rings. The molecule has 9 heteroatoms. The molecule has 4 heterocycles. The summed E-state index contributed by atoms with van der Waals surface area (Å²) in [5.74, 6) is 3.50. The number of rotatable bonds is 7. The van der Waals surface area contributed by atoms with Gasteiger partial charge in [0.25, 0.3) is 0 Å². The minimum absolute atomic E-state index is 0.390. The van der Waals surface area contributed by atoms with E-state index in [0.29, 0.717) is 36.4 Å². The zero-order chi connectivity index (χ0) is 29.1. The molecular weight excluding hydrogens is 654 g/mol. The Kier molecular flexibility index (Phi) is 8.39. The molecule has 0 amide bonds. The molecule has 2 saturated carbocycles. The molecule has 4 saturated heterocycles. The fraction of sp³-hybridized carbons (Fsp3) is 0.647. The maximum atomic E-state index is 6.83.